The molecule has 0 aliphatic heterocycles. The molecule has 2 fully saturated rings. The molecule has 1 unspecified atom stereocenters. The highest BCUT2D eigenvalue weighted by atomic mass is 16.3. The van der Waals surface area contributed by atoms with E-state index in [1.54, 1.807) is 0 Å². The van der Waals surface area contributed by atoms with Crippen LogP contribution in [0.1, 0.15) is 80.1 Å². The number of hydrogen-bond acceptors (Lipinski definition) is 2. The average molecular weight is 365 g/mol. The zero-order valence-electron chi connectivity index (χ0n) is 18.2. The number of aliphatic hydroxyl groups is 2. The van der Waals surface area contributed by atoms with E-state index in [1.165, 1.54) is 38.5 Å². The molecule has 0 aromatic carbocycles. The third kappa shape index (κ3) is 6.85. The molecular formula is C24H44O2. The molecule has 152 valence electrons. The molecule has 2 aliphatic carbocycles. The third-order valence-electron chi connectivity index (χ3n) is 6.89. The second-order valence-electron chi connectivity index (χ2n) is 9.99. The topological polar surface area (TPSA) is 40.5 Å². The summed E-state index contributed by atoms with van der Waals surface area (Å²) in [5, 5.41) is 17.5. The van der Waals surface area contributed by atoms with Gasteiger partial charge in [0.05, 0.1) is 13.2 Å². The molecule has 2 saturated carbocycles. The maximum Gasteiger partial charge on any atom is 0.0612 e. The lowest BCUT2D eigenvalue weighted by Crippen LogP contribution is -2.32. The molecule has 2 N–H and O–H groups in total. The van der Waals surface area contributed by atoms with Gasteiger partial charge in [0, 0.05) is 0 Å². The van der Waals surface area contributed by atoms with Gasteiger partial charge in [-0.25, -0.2) is 0 Å². The molecule has 0 aromatic rings. The largest absolute Gasteiger partial charge is 0.392 e. The summed E-state index contributed by atoms with van der Waals surface area (Å²) in [6.45, 7) is 14.4. The Morgan fingerprint density at radius 3 is 1.35 bits per heavy atom. The summed E-state index contributed by atoms with van der Waals surface area (Å²) < 4.78 is 0. The number of allylic oxidation sites excluding steroid dienone is 2. The quantitative estimate of drug-likeness (QED) is 0.601. The van der Waals surface area contributed by atoms with Crippen LogP contribution >= 0.6 is 0 Å². The van der Waals surface area contributed by atoms with Crippen LogP contribution in [0.2, 0.25) is 0 Å². The molecule has 0 heterocycles. The number of aliphatic hydroxyl groups excluding tert-OH is 2. The maximum atomic E-state index is 8.77. The summed E-state index contributed by atoms with van der Waals surface area (Å²) in [7, 11) is 0. The molecule has 0 amide bonds. The summed E-state index contributed by atoms with van der Waals surface area (Å²) in [6, 6.07) is 0. The van der Waals surface area contributed by atoms with Crippen LogP contribution in [0.5, 0.6) is 0 Å². The van der Waals surface area contributed by atoms with Crippen LogP contribution in [0, 0.1) is 34.5 Å². The lowest BCUT2D eigenvalue weighted by molar-refractivity contribution is 0.122. The van der Waals surface area contributed by atoms with Crippen molar-refractivity contribution in [3.8, 4) is 0 Å². The molecule has 0 spiro atoms. The zero-order chi connectivity index (χ0) is 19.8. The van der Waals surface area contributed by atoms with Gasteiger partial charge in [-0.05, 0) is 47.3 Å². The Balaban J connectivity index is 0.000000260. The highest BCUT2D eigenvalue weighted by Crippen LogP contribution is 2.45. The predicted molar refractivity (Wildman–Crippen MR) is 113 cm³/mol. The molecule has 2 nitrogen and oxygen atoms in total. The molecule has 2 heteroatoms. The van der Waals surface area contributed by atoms with Gasteiger partial charge in [0.2, 0.25) is 0 Å². The minimum absolute atomic E-state index is 0.180. The van der Waals surface area contributed by atoms with E-state index in [-0.39, 0.29) is 13.2 Å². The number of hydrogen-bond donors (Lipinski definition) is 2. The van der Waals surface area contributed by atoms with E-state index in [1.807, 2.05) is 12.2 Å². The van der Waals surface area contributed by atoms with Crippen molar-refractivity contribution in [2.75, 3.05) is 13.2 Å². The van der Waals surface area contributed by atoms with E-state index in [0.29, 0.717) is 22.7 Å². The Morgan fingerprint density at radius 2 is 1.08 bits per heavy atom. The summed E-state index contributed by atoms with van der Waals surface area (Å²) in [6.07, 6.45) is 16.2. The van der Waals surface area contributed by atoms with Crippen molar-refractivity contribution >= 4 is 0 Å². The molecule has 0 saturated heterocycles. The fourth-order valence-electron chi connectivity index (χ4n) is 5.31. The number of rotatable bonds is 4. The summed E-state index contributed by atoms with van der Waals surface area (Å²) in [4.78, 5) is 0. The van der Waals surface area contributed by atoms with Crippen LogP contribution in [0.3, 0.4) is 0 Å². The van der Waals surface area contributed by atoms with E-state index >= 15 is 0 Å². The van der Waals surface area contributed by atoms with Crippen molar-refractivity contribution in [2.45, 2.75) is 80.1 Å². The smallest absolute Gasteiger partial charge is 0.0612 e. The molecule has 4 atom stereocenters. The van der Waals surface area contributed by atoms with Crippen molar-refractivity contribution in [3.05, 3.63) is 24.3 Å². The molecule has 26 heavy (non-hydrogen) atoms. The molecule has 2 aliphatic rings. The Kier molecular flexibility index (Phi) is 9.61. The lowest BCUT2D eigenvalue weighted by atomic mass is 9.64. The fraction of sp³-hybridized carbons (Fsp3) is 0.833. The fourth-order valence-corrected chi connectivity index (χ4v) is 5.31. The van der Waals surface area contributed by atoms with Crippen LogP contribution < -0.4 is 0 Å². The Morgan fingerprint density at radius 1 is 0.731 bits per heavy atom. The van der Waals surface area contributed by atoms with Gasteiger partial charge in [0.1, 0.15) is 0 Å². The second kappa shape index (κ2) is 10.7. The van der Waals surface area contributed by atoms with Gasteiger partial charge in [-0.15, -0.1) is 0 Å². The summed E-state index contributed by atoms with van der Waals surface area (Å²) in [5.74, 6) is 2.83. The molecular weight excluding hydrogens is 320 g/mol. The first-order valence-corrected chi connectivity index (χ1v) is 10.7. The van der Waals surface area contributed by atoms with E-state index in [4.69, 9.17) is 10.2 Å². The van der Waals surface area contributed by atoms with Gasteiger partial charge in [-0.3, -0.25) is 0 Å². The lowest BCUT2D eigenvalue weighted by Gasteiger charge is -2.41. The van der Waals surface area contributed by atoms with Crippen molar-refractivity contribution in [2.24, 2.45) is 34.5 Å². The van der Waals surface area contributed by atoms with E-state index in [2.05, 4.69) is 53.7 Å². The van der Waals surface area contributed by atoms with Gasteiger partial charge in [0.25, 0.3) is 0 Å². The standard InChI is InChI=1S/2C12H22O/c2*1-10-6-4-8-12(2,3)11(10)7-5-9-13/h2*5,7,10-11,13H,4,6,8-9H2,1-3H3/b2*7-5+/t10-,11?;10-,11-/m00/s1. The molecule has 0 aromatic heterocycles. The highest BCUT2D eigenvalue weighted by Gasteiger charge is 2.35. The minimum atomic E-state index is 0.180. The van der Waals surface area contributed by atoms with Crippen LogP contribution in [-0.4, -0.2) is 23.4 Å². The van der Waals surface area contributed by atoms with Crippen LogP contribution in [-0.2, 0) is 0 Å². The SMILES string of the molecule is C[C@H]1CCCC(C)(C)C1/C=C/CO.C[C@H]1CCCC(C)(C)[C@H]1/C=C/CO. The van der Waals surface area contributed by atoms with Gasteiger partial charge < -0.3 is 10.2 Å². The van der Waals surface area contributed by atoms with Gasteiger partial charge in [0.15, 0.2) is 0 Å². The third-order valence-corrected chi connectivity index (χ3v) is 6.89. The van der Waals surface area contributed by atoms with Gasteiger partial charge >= 0.3 is 0 Å². The molecule has 2 rings (SSSR count). The van der Waals surface area contributed by atoms with Crippen molar-refractivity contribution in [1.82, 2.24) is 0 Å². The van der Waals surface area contributed by atoms with Crippen LogP contribution in [0.15, 0.2) is 24.3 Å². The minimum Gasteiger partial charge on any atom is -0.392 e. The average Bonchev–Trinajstić information content (AvgIpc) is 2.53. The van der Waals surface area contributed by atoms with Crippen molar-refractivity contribution in [1.29, 1.82) is 0 Å². The van der Waals surface area contributed by atoms with Gasteiger partial charge in [-0.1, -0.05) is 91.5 Å². The van der Waals surface area contributed by atoms with Crippen LogP contribution in [0.4, 0.5) is 0 Å². The zero-order valence-corrected chi connectivity index (χ0v) is 18.2. The van der Waals surface area contributed by atoms with Crippen LogP contribution in [0.25, 0.3) is 0 Å². The Bertz CT molecular complexity index is 405. The first kappa shape index (κ1) is 23.4. The molecule has 0 bridgehead atoms. The first-order chi connectivity index (χ1) is 12.2. The predicted octanol–water partition coefficient (Wildman–Crippen LogP) is 5.99. The van der Waals surface area contributed by atoms with E-state index in [9.17, 15) is 0 Å². The maximum absolute atomic E-state index is 8.77. The Hall–Kier alpha value is -0.600. The summed E-state index contributed by atoms with van der Waals surface area (Å²) >= 11 is 0. The first-order valence-electron chi connectivity index (χ1n) is 10.7. The van der Waals surface area contributed by atoms with Crippen molar-refractivity contribution in [3.63, 3.8) is 0 Å². The van der Waals surface area contributed by atoms with E-state index in [0.717, 1.165) is 11.8 Å². The monoisotopic (exact) mass is 364 g/mol. The van der Waals surface area contributed by atoms with Gasteiger partial charge in [-0.2, -0.15) is 0 Å². The molecule has 0 radical (unpaired) electrons. The second-order valence-corrected chi connectivity index (χ2v) is 9.99. The Labute approximate surface area is 162 Å². The van der Waals surface area contributed by atoms with Crippen molar-refractivity contribution < 1.29 is 10.2 Å². The summed E-state index contributed by atoms with van der Waals surface area (Å²) in [5.41, 5.74) is 0.840. The normalized spacial score (nSPS) is 33.8. The highest BCUT2D eigenvalue weighted by molar-refractivity contribution is 5.00. The van der Waals surface area contributed by atoms with E-state index < -0.39 is 0 Å².